The lowest BCUT2D eigenvalue weighted by Gasteiger charge is -2.07. The van der Waals surface area contributed by atoms with Crippen LogP contribution in [0.3, 0.4) is 0 Å². The Morgan fingerprint density at radius 2 is 2.10 bits per heavy atom. The van der Waals surface area contributed by atoms with Gasteiger partial charge in [-0.05, 0) is 18.2 Å². The number of nitrogens with one attached hydrogen (secondary N) is 1. The number of para-hydroxylation sites is 2. The monoisotopic (exact) mass is 266 g/mol. The zero-order valence-electron chi connectivity index (χ0n) is 10.3. The first-order valence-electron chi connectivity index (χ1n) is 6.07. The highest BCUT2D eigenvalue weighted by atomic mass is 16.4. The third kappa shape index (κ3) is 1.45. The third-order valence-corrected chi connectivity index (χ3v) is 3.28. The van der Waals surface area contributed by atoms with Crippen molar-refractivity contribution in [2.45, 2.75) is 0 Å². The molecule has 0 atom stereocenters. The van der Waals surface area contributed by atoms with Gasteiger partial charge in [-0.15, -0.1) is 0 Å². The quantitative estimate of drug-likeness (QED) is 0.516. The van der Waals surface area contributed by atoms with Crippen LogP contribution >= 0.6 is 0 Å². The first-order chi connectivity index (χ1) is 9.72. The molecule has 0 saturated heterocycles. The van der Waals surface area contributed by atoms with Gasteiger partial charge < -0.3 is 10.2 Å². The smallest absolute Gasteiger partial charge is 0.408 e. The highest BCUT2D eigenvalue weighted by Crippen LogP contribution is 2.26. The van der Waals surface area contributed by atoms with E-state index < -0.39 is 5.76 Å². The van der Waals surface area contributed by atoms with Crippen molar-refractivity contribution in [1.29, 1.82) is 0 Å². The predicted molar refractivity (Wildman–Crippen MR) is 75.9 cm³/mol. The van der Waals surface area contributed by atoms with Gasteiger partial charge >= 0.3 is 5.76 Å². The number of aromatic nitrogens is 3. The molecule has 2 aromatic heterocycles. The van der Waals surface area contributed by atoms with E-state index in [1.165, 1.54) is 0 Å². The lowest BCUT2D eigenvalue weighted by Crippen LogP contribution is -1.98. The van der Waals surface area contributed by atoms with Crippen molar-refractivity contribution >= 4 is 27.8 Å². The Morgan fingerprint density at radius 1 is 1.25 bits per heavy atom. The molecule has 0 amide bonds. The molecule has 0 aliphatic carbocycles. The Kier molecular flexibility index (Phi) is 2.03. The molecule has 0 aliphatic rings. The Labute approximate surface area is 112 Å². The van der Waals surface area contributed by atoms with Gasteiger partial charge in [0.15, 0.2) is 5.58 Å². The van der Waals surface area contributed by atoms with Crippen LogP contribution in [-0.4, -0.2) is 14.5 Å². The van der Waals surface area contributed by atoms with E-state index in [9.17, 15) is 4.79 Å². The van der Waals surface area contributed by atoms with E-state index in [4.69, 9.17) is 10.2 Å². The van der Waals surface area contributed by atoms with Crippen LogP contribution in [0.15, 0.2) is 51.9 Å². The van der Waals surface area contributed by atoms with E-state index in [0.717, 1.165) is 16.7 Å². The van der Waals surface area contributed by atoms with Crippen LogP contribution in [0.4, 0.5) is 5.69 Å². The minimum atomic E-state index is -0.493. The molecule has 2 heterocycles. The van der Waals surface area contributed by atoms with E-state index >= 15 is 0 Å². The van der Waals surface area contributed by atoms with E-state index in [1.807, 2.05) is 28.8 Å². The number of benzene rings is 2. The molecule has 0 bridgehead atoms. The molecule has 0 unspecified atom stereocenters. The van der Waals surface area contributed by atoms with Gasteiger partial charge in [-0.1, -0.05) is 12.1 Å². The summed E-state index contributed by atoms with van der Waals surface area (Å²) in [5.41, 5.74) is 10.2. The van der Waals surface area contributed by atoms with Gasteiger partial charge in [0.25, 0.3) is 0 Å². The number of nitrogens with zero attached hydrogens (tertiary/aromatic N) is 2. The Morgan fingerprint density at radius 3 is 3.00 bits per heavy atom. The summed E-state index contributed by atoms with van der Waals surface area (Å²) < 4.78 is 6.88. The molecule has 0 aliphatic heterocycles. The summed E-state index contributed by atoms with van der Waals surface area (Å²) in [4.78, 5) is 18.2. The number of H-pyrrole nitrogens is 1. The first-order valence-corrected chi connectivity index (χ1v) is 6.07. The number of nitrogens with two attached hydrogens (primary N) is 1. The number of anilines is 1. The van der Waals surface area contributed by atoms with E-state index in [-0.39, 0.29) is 0 Å². The molecule has 0 radical (unpaired) electrons. The van der Waals surface area contributed by atoms with Crippen molar-refractivity contribution in [2.75, 3.05) is 5.73 Å². The molecular formula is C14H10N4O2. The topological polar surface area (TPSA) is 89.8 Å². The maximum Gasteiger partial charge on any atom is 0.417 e. The van der Waals surface area contributed by atoms with E-state index in [2.05, 4.69) is 9.97 Å². The van der Waals surface area contributed by atoms with Crippen LogP contribution in [0.2, 0.25) is 0 Å². The van der Waals surface area contributed by atoms with Gasteiger partial charge in [-0.3, -0.25) is 9.55 Å². The summed E-state index contributed by atoms with van der Waals surface area (Å²) >= 11 is 0. The molecule has 2 aromatic carbocycles. The Balaban J connectivity index is 2.06. The normalized spacial score (nSPS) is 11.4. The molecule has 0 saturated carbocycles. The number of hydrogen-bond acceptors (Lipinski definition) is 4. The Bertz CT molecular complexity index is 993. The van der Waals surface area contributed by atoms with Crippen LogP contribution in [0.5, 0.6) is 0 Å². The average Bonchev–Trinajstić information content (AvgIpc) is 3.00. The van der Waals surface area contributed by atoms with Crippen LogP contribution < -0.4 is 11.5 Å². The van der Waals surface area contributed by atoms with Crippen molar-refractivity contribution in [2.24, 2.45) is 0 Å². The van der Waals surface area contributed by atoms with Crippen molar-refractivity contribution in [3.63, 3.8) is 0 Å². The summed E-state index contributed by atoms with van der Waals surface area (Å²) in [6, 6.07) is 11.2. The number of aromatic amines is 1. The highest BCUT2D eigenvalue weighted by Gasteiger charge is 2.10. The summed E-state index contributed by atoms with van der Waals surface area (Å²) in [5, 5.41) is 0. The summed E-state index contributed by atoms with van der Waals surface area (Å²) in [6.45, 7) is 0. The molecule has 0 spiro atoms. The second-order valence-electron chi connectivity index (χ2n) is 4.52. The SMILES string of the molecule is Nc1cc2oc(=O)[nH]c2cc1-n1cnc2ccccc21. The molecule has 4 rings (SSSR count). The van der Waals surface area contributed by atoms with Crippen molar-refractivity contribution in [1.82, 2.24) is 14.5 Å². The zero-order chi connectivity index (χ0) is 13.7. The maximum atomic E-state index is 11.2. The standard InChI is InChI=1S/C14H10N4O2/c15-8-5-13-10(17-14(19)20-13)6-12(8)18-7-16-9-3-1-2-4-11(9)18/h1-7H,15H2,(H,17,19). The fraction of sp³-hybridized carbons (Fsp3) is 0. The molecule has 0 fully saturated rings. The van der Waals surface area contributed by atoms with Crippen LogP contribution in [-0.2, 0) is 0 Å². The summed E-state index contributed by atoms with van der Waals surface area (Å²) in [7, 11) is 0. The minimum absolute atomic E-state index is 0.445. The van der Waals surface area contributed by atoms with Gasteiger partial charge in [-0.2, -0.15) is 0 Å². The lowest BCUT2D eigenvalue weighted by atomic mass is 10.2. The average molecular weight is 266 g/mol. The molecule has 6 heteroatoms. The van der Waals surface area contributed by atoms with E-state index in [1.54, 1.807) is 18.5 Å². The van der Waals surface area contributed by atoms with Crippen molar-refractivity contribution < 1.29 is 4.42 Å². The molecule has 3 N–H and O–H groups in total. The van der Waals surface area contributed by atoms with Crippen molar-refractivity contribution in [3.8, 4) is 5.69 Å². The fourth-order valence-electron chi connectivity index (χ4n) is 2.36. The predicted octanol–water partition coefficient (Wildman–Crippen LogP) is 2.04. The third-order valence-electron chi connectivity index (χ3n) is 3.28. The van der Waals surface area contributed by atoms with Gasteiger partial charge in [0, 0.05) is 6.07 Å². The first kappa shape index (κ1) is 10.9. The summed E-state index contributed by atoms with van der Waals surface area (Å²) in [6.07, 6.45) is 1.71. The maximum absolute atomic E-state index is 11.2. The number of fused-ring (bicyclic) bond motifs is 2. The second-order valence-corrected chi connectivity index (χ2v) is 4.52. The van der Waals surface area contributed by atoms with Crippen LogP contribution in [0, 0.1) is 0 Å². The second kappa shape index (κ2) is 3.74. The van der Waals surface area contributed by atoms with Gasteiger partial charge in [0.05, 0.1) is 27.9 Å². The van der Waals surface area contributed by atoms with Crippen molar-refractivity contribution in [3.05, 3.63) is 53.3 Å². The van der Waals surface area contributed by atoms with Gasteiger partial charge in [-0.25, -0.2) is 9.78 Å². The Hall–Kier alpha value is -3.02. The number of rotatable bonds is 1. The molecule has 98 valence electrons. The van der Waals surface area contributed by atoms with Crippen LogP contribution in [0.1, 0.15) is 0 Å². The van der Waals surface area contributed by atoms with Gasteiger partial charge in [0.2, 0.25) is 0 Å². The number of oxazole rings is 1. The molecule has 20 heavy (non-hydrogen) atoms. The zero-order valence-corrected chi connectivity index (χ0v) is 10.3. The lowest BCUT2D eigenvalue weighted by molar-refractivity contribution is 0.555. The number of hydrogen-bond donors (Lipinski definition) is 2. The number of imidazole rings is 1. The van der Waals surface area contributed by atoms with Gasteiger partial charge in [0.1, 0.15) is 6.33 Å². The van der Waals surface area contributed by atoms with E-state index in [0.29, 0.717) is 16.8 Å². The molecular weight excluding hydrogens is 256 g/mol. The molecule has 6 nitrogen and oxygen atoms in total. The molecule has 4 aromatic rings. The minimum Gasteiger partial charge on any atom is -0.408 e. The summed E-state index contributed by atoms with van der Waals surface area (Å²) in [5.74, 6) is -0.493. The fourth-order valence-corrected chi connectivity index (χ4v) is 2.36. The number of nitrogen functional groups attached to an aromatic ring is 1. The highest BCUT2D eigenvalue weighted by molar-refractivity contribution is 5.85. The van der Waals surface area contributed by atoms with Crippen LogP contribution in [0.25, 0.3) is 27.8 Å². The largest absolute Gasteiger partial charge is 0.417 e.